The summed E-state index contributed by atoms with van der Waals surface area (Å²) < 4.78 is 2.78. The first-order chi connectivity index (χ1) is 16.0. The van der Waals surface area contributed by atoms with E-state index < -0.39 is 4.92 Å². The van der Waals surface area contributed by atoms with Crippen LogP contribution in [0.25, 0.3) is 17.0 Å². The molecule has 2 aliphatic rings. The maximum absolute atomic E-state index is 13.2. The standard InChI is InChI=1S/C25H23N3O3S2/c29-24-23(33-25(32)27(24)19-6-2-1-3-7-19)14-18-16-26(22-9-5-4-8-21(18)22)15-17-10-12-20(13-11-17)28(30)31/h4-5,8-14,16,19H,1-3,6-7,15H2/b23-14-. The lowest BCUT2D eigenvalue weighted by molar-refractivity contribution is -0.384. The van der Waals surface area contributed by atoms with Crippen LogP contribution in [-0.2, 0) is 11.3 Å². The Morgan fingerprint density at radius 3 is 2.55 bits per heavy atom. The van der Waals surface area contributed by atoms with E-state index in [1.54, 1.807) is 12.1 Å². The Balaban J connectivity index is 1.45. The summed E-state index contributed by atoms with van der Waals surface area (Å²) in [6.07, 6.45) is 9.57. The molecule has 33 heavy (non-hydrogen) atoms. The van der Waals surface area contributed by atoms with Crippen LogP contribution in [0, 0.1) is 10.1 Å². The quantitative estimate of drug-likeness (QED) is 0.191. The zero-order valence-electron chi connectivity index (χ0n) is 18.0. The third-order valence-electron chi connectivity index (χ3n) is 6.37. The number of hydrogen-bond acceptors (Lipinski definition) is 5. The number of benzene rings is 2. The molecule has 0 spiro atoms. The summed E-state index contributed by atoms with van der Waals surface area (Å²) in [5, 5.41) is 12.0. The van der Waals surface area contributed by atoms with Gasteiger partial charge in [0, 0.05) is 47.4 Å². The average Bonchev–Trinajstić information content (AvgIpc) is 3.31. The van der Waals surface area contributed by atoms with Crippen LogP contribution >= 0.6 is 24.0 Å². The highest BCUT2D eigenvalue weighted by Gasteiger charge is 2.37. The summed E-state index contributed by atoms with van der Waals surface area (Å²) >= 11 is 6.97. The second-order valence-electron chi connectivity index (χ2n) is 8.50. The van der Waals surface area contributed by atoms with Gasteiger partial charge in [0.1, 0.15) is 4.32 Å². The monoisotopic (exact) mass is 477 g/mol. The Kier molecular flexibility index (Phi) is 6.03. The van der Waals surface area contributed by atoms with Crippen molar-refractivity contribution in [2.24, 2.45) is 0 Å². The van der Waals surface area contributed by atoms with E-state index in [1.165, 1.54) is 30.3 Å². The van der Waals surface area contributed by atoms with Gasteiger partial charge in [-0.05, 0) is 30.5 Å². The molecule has 2 heterocycles. The summed E-state index contributed by atoms with van der Waals surface area (Å²) in [7, 11) is 0. The molecule has 6 nitrogen and oxygen atoms in total. The van der Waals surface area contributed by atoms with Crippen LogP contribution in [0.15, 0.2) is 59.6 Å². The van der Waals surface area contributed by atoms with Gasteiger partial charge in [-0.1, -0.05) is 73.6 Å². The zero-order chi connectivity index (χ0) is 22.9. The fourth-order valence-corrected chi connectivity index (χ4v) is 6.11. The van der Waals surface area contributed by atoms with Crippen molar-refractivity contribution in [3.05, 3.63) is 80.9 Å². The van der Waals surface area contributed by atoms with Gasteiger partial charge in [0.15, 0.2) is 0 Å². The highest BCUT2D eigenvalue weighted by Crippen LogP contribution is 2.38. The topological polar surface area (TPSA) is 68.4 Å². The summed E-state index contributed by atoms with van der Waals surface area (Å²) in [5.74, 6) is 0.0177. The number of thioether (sulfide) groups is 1. The number of fused-ring (bicyclic) bond motifs is 1. The first-order valence-electron chi connectivity index (χ1n) is 11.1. The van der Waals surface area contributed by atoms with E-state index >= 15 is 0 Å². The predicted molar refractivity (Wildman–Crippen MR) is 136 cm³/mol. The third kappa shape index (κ3) is 4.32. The van der Waals surface area contributed by atoms with E-state index in [0.717, 1.165) is 47.7 Å². The minimum absolute atomic E-state index is 0.0177. The van der Waals surface area contributed by atoms with Gasteiger partial charge < -0.3 is 4.57 Å². The van der Waals surface area contributed by atoms with Crippen LogP contribution in [0.4, 0.5) is 5.69 Å². The number of carbonyl (C=O) groups excluding carboxylic acids is 1. The molecular formula is C25H23N3O3S2. The summed E-state index contributed by atoms with van der Waals surface area (Å²) in [4.78, 5) is 26.3. The van der Waals surface area contributed by atoms with E-state index in [2.05, 4.69) is 10.6 Å². The average molecular weight is 478 g/mol. The van der Waals surface area contributed by atoms with E-state index in [-0.39, 0.29) is 17.6 Å². The summed E-state index contributed by atoms with van der Waals surface area (Å²) in [6, 6.07) is 14.9. The first-order valence-corrected chi connectivity index (χ1v) is 12.3. The molecule has 8 heteroatoms. The number of nitro groups is 1. The van der Waals surface area contributed by atoms with Crippen LogP contribution in [0.1, 0.15) is 43.2 Å². The molecule has 5 rings (SSSR count). The van der Waals surface area contributed by atoms with Crippen LogP contribution in [0.5, 0.6) is 0 Å². The third-order valence-corrected chi connectivity index (χ3v) is 7.70. The second kappa shape index (κ2) is 9.11. The van der Waals surface area contributed by atoms with Crippen molar-refractivity contribution in [2.75, 3.05) is 0 Å². The molecule has 1 aliphatic carbocycles. The number of carbonyl (C=O) groups is 1. The largest absolute Gasteiger partial charge is 0.342 e. The zero-order valence-corrected chi connectivity index (χ0v) is 19.6. The first kappa shape index (κ1) is 21.9. The van der Waals surface area contributed by atoms with Crippen LogP contribution in [0.2, 0.25) is 0 Å². The Hall–Kier alpha value is -2.97. The molecule has 0 N–H and O–H groups in total. The molecule has 2 fully saturated rings. The molecule has 2 aromatic carbocycles. The molecule has 3 aromatic rings. The Labute approximate surface area is 201 Å². The van der Waals surface area contributed by atoms with Crippen molar-refractivity contribution in [3.8, 4) is 0 Å². The number of nitro benzene ring substituents is 1. The van der Waals surface area contributed by atoms with E-state index in [4.69, 9.17) is 12.2 Å². The maximum atomic E-state index is 13.2. The van der Waals surface area contributed by atoms with Crippen molar-refractivity contribution in [1.82, 2.24) is 9.47 Å². The van der Waals surface area contributed by atoms with Gasteiger partial charge in [-0.3, -0.25) is 19.8 Å². The van der Waals surface area contributed by atoms with E-state index in [0.29, 0.717) is 15.8 Å². The number of amides is 1. The summed E-state index contributed by atoms with van der Waals surface area (Å²) in [5.41, 5.74) is 3.06. The van der Waals surface area contributed by atoms with Crippen LogP contribution in [0.3, 0.4) is 0 Å². The minimum Gasteiger partial charge on any atom is -0.342 e. The van der Waals surface area contributed by atoms with Gasteiger partial charge in [-0.2, -0.15) is 0 Å². The van der Waals surface area contributed by atoms with Crippen molar-refractivity contribution in [1.29, 1.82) is 0 Å². The van der Waals surface area contributed by atoms with Gasteiger partial charge in [0.25, 0.3) is 11.6 Å². The van der Waals surface area contributed by atoms with Crippen molar-refractivity contribution in [2.45, 2.75) is 44.7 Å². The number of aromatic nitrogens is 1. The second-order valence-corrected chi connectivity index (χ2v) is 10.2. The minimum atomic E-state index is -0.392. The number of para-hydroxylation sites is 1. The van der Waals surface area contributed by atoms with Crippen LogP contribution < -0.4 is 0 Å². The number of hydrogen-bond donors (Lipinski definition) is 0. The molecule has 0 unspecified atom stereocenters. The van der Waals surface area contributed by atoms with Gasteiger partial charge >= 0.3 is 0 Å². The SMILES string of the molecule is O=C1/C(=C/c2cn(Cc3ccc([N+](=O)[O-])cc3)c3ccccc23)SC(=S)N1C1CCCCC1. The smallest absolute Gasteiger partial charge is 0.269 e. The van der Waals surface area contributed by atoms with Crippen molar-refractivity contribution in [3.63, 3.8) is 0 Å². The van der Waals surface area contributed by atoms with Gasteiger partial charge in [-0.25, -0.2) is 0 Å². The Bertz CT molecular complexity index is 1270. The molecule has 1 amide bonds. The highest BCUT2D eigenvalue weighted by atomic mass is 32.2. The number of non-ortho nitro benzene ring substituents is 1. The van der Waals surface area contributed by atoms with Crippen molar-refractivity contribution < 1.29 is 9.72 Å². The maximum Gasteiger partial charge on any atom is 0.269 e. The molecular weight excluding hydrogens is 454 g/mol. The molecule has 0 atom stereocenters. The fourth-order valence-electron chi connectivity index (χ4n) is 4.72. The summed E-state index contributed by atoms with van der Waals surface area (Å²) in [6.45, 7) is 0.579. The molecule has 0 bridgehead atoms. The van der Waals surface area contributed by atoms with Gasteiger partial charge in [0.05, 0.1) is 9.83 Å². The molecule has 168 valence electrons. The van der Waals surface area contributed by atoms with Gasteiger partial charge in [-0.15, -0.1) is 0 Å². The van der Waals surface area contributed by atoms with E-state index in [1.807, 2.05) is 35.4 Å². The molecule has 0 radical (unpaired) electrons. The Morgan fingerprint density at radius 1 is 1.09 bits per heavy atom. The van der Waals surface area contributed by atoms with E-state index in [9.17, 15) is 14.9 Å². The molecule has 1 aromatic heterocycles. The molecule has 1 saturated heterocycles. The molecule has 1 saturated carbocycles. The number of thiocarbonyl (C=S) groups is 1. The fraction of sp³-hybridized carbons (Fsp3) is 0.280. The van der Waals surface area contributed by atoms with Crippen molar-refractivity contribution >= 4 is 56.9 Å². The molecule has 1 aliphatic heterocycles. The highest BCUT2D eigenvalue weighted by molar-refractivity contribution is 8.26. The lowest BCUT2D eigenvalue weighted by Crippen LogP contribution is -2.39. The normalized spacial score (nSPS) is 18.5. The lowest BCUT2D eigenvalue weighted by atomic mass is 9.94. The lowest BCUT2D eigenvalue weighted by Gasteiger charge is -2.29. The Morgan fingerprint density at radius 2 is 1.82 bits per heavy atom. The predicted octanol–water partition coefficient (Wildman–Crippen LogP) is 6.13. The number of nitrogens with zero attached hydrogens (tertiary/aromatic N) is 3. The van der Waals surface area contributed by atoms with Gasteiger partial charge in [0.2, 0.25) is 0 Å². The number of rotatable bonds is 5. The van der Waals surface area contributed by atoms with Crippen LogP contribution in [-0.4, -0.2) is 30.7 Å².